The maximum Gasteiger partial charge on any atom is 0.255 e. The number of hydrogen-bond acceptors (Lipinski definition) is 5. The Morgan fingerprint density at radius 2 is 1.83 bits per heavy atom. The molecule has 0 saturated heterocycles. The quantitative estimate of drug-likeness (QED) is 0.172. The highest BCUT2D eigenvalue weighted by Gasteiger charge is 2.16. The van der Waals surface area contributed by atoms with Gasteiger partial charge in [-0.05, 0) is 66.9 Å². The van der Waals surface area contributed by atoms with E-state index in [1.807, 2.05) is 31.2 Å². The van der Waals surface area contributed by atoms with Gasteiger partial charge in [-0.25, -0.2) is 10.5 Å². The van der Waals surface area contributed by atoms with E-state index in [1.165, 1.54) is 0 Å². The summed E-state index contributed by atoms with van der Waals surface area (Å²) >= 11 is 6.41. The Morgan fingerprint density at radius 1 is 1.08 bits per heavy atom. The zero-order valence-corrected chi connectivity index (χ0v) is 20.7. The average Bonchev–Trinajstić information content (AvgIpc) is 3.32. The van der Waals surface area contributed by atoms with E-state index in [1.54, 1.807) is 54.9 Å². The second kappa shape index (κ2) is 11.2. The summed E-state index contributed by atoms with van der Waals surface area (Å²) in [5, 5.41) is 12.1. The Bertz CT molecular complexity index is 1340. The molecule has 186 valence electrons. The lowest BCUT2D eigenvalue weighted by molar-refractivity contribution is -0.133. The number of rotatable bonds is 9. The van der Waals surface area contributed by atoms with E-state index < -0.39 is 5.91 Å². The first-order chi connectivity index (χ1) is 17.3. The minimum Gasteiger partial charge on any atom is -0.493 e. The predicted molar refractivity (Wildman–Crippen MR) is 139 cm³/mol. The minimum atomic E-state index is -0.414. The average molecular weight is 507 g/mol. The lowest BCUT2D eigenvalue weighted by Gasteiger charge is -2.16. The van der Waals surface area contributed by atoms with Crippen LogP contribution in [0, 0.1) is 11.8 Å². The van der Waals surface area contributed by atoms with Crippen molar-refractivity contribution in [2.75, 3.05) is 11.9 Å². The van der Waals surface area contributed by atoms with E-state index in [4.69, 9.17) is 21.5 Å². The van der Waals surface area contributed by atoms with Gasteiger partial charge in [0.15, 0.2) is 0 Å². The molecule has 0 fully saturated rings. The molecular weight excluding hydrogens is 480 g/mol. The van der Waals surface area contributed by atoms with Gasteiger partial charge in [0.2, 0.25) is 5.91 Å². The Kier molecular flexibility index (Phi) is 7.87. The van der Waals surface area contributed by atoms with Crippen molar-refractivity contribution in [3.05, 3.63) is 77.3 Å². The van der Waals surface area contributed by atoms with E-state index in [0.717, 1.165) is 11.0 Å². The molecule has 0 aliphatic rings. The summed E-state index contributed by atoms with van der Waals surface area (Å²) in [5.74, 6) is 0.348. The van der Waals surface area contributed by atoms with Gasteiger partial charge in [0.25, 0.3) is 5.91 Å². The van der Waals surface area contributed by atoms with Crippen LogP contribution in [0.15, 0.2) is 66.7 Å². The van der Waals surface area contributed by atoms with Crippen molar-refractivity contribution in [3.63, 3.8) is 0 Å². The number of hydroxylamine groups is 1. The molecule has 0 saturated carbocycles. The van der Waals surface area contributed by atoms with Crippen LogP contribution in [-0.4, -0.2) is 33.6 Å². The number of imidazole rings is 1. The molecule has 2 unspecified atom stereocenters. The summed E-state index contributed by atoms with van der Waals surface area (Å²) in [5.41, 5.74) is 5.16. The molecule has 0 aliphatic carbocycles. The Balaban J connectivity index is 1.38. The molecular formula is C27H27ClN4O4. The third-order valence-corrected chi connectivity index (χ3v) is 6.16. The van der Waals surface area contributed by atoms with Crippen LogP contribution in [-0.2, 0) is 4.79 Å². The molecule has 0 spiro atoms. The van der Waals surface area contributed by atoms with E-state index in [-0.39, 0.29) is 17.7 Å². The lowest BCUT2D eigenvalue weighted by Crippen LogP contribution is -2.28. The van der Waals surface area contributed by atoms with Gasteiger partial charge in [-0.2, -0.15) is 0 Å². The molecule has 3 aromatic carbocycles. The number of H-pyrrole nitrogens is 1. The number of carbonyl (C=O) groups is 2. The highest BCUT2D eigenvalue weighted by Crippen LogP contribution is 2.30. The van der Waals surface area contributed by atoms with Gasteiger partial charge in [0, 0.05) is 22.7 Å². The van der Waals surface area contributed by atoms with Crippen LogP contribution < -0.4 is 15.5 Å². The fourth-order valence-corrected chi connectivity index (χ4v) is 4.11. The fourth-order valence-electron chi connectivity index (χ4n) is 3.90. The van der Waals surface area contributed by atoms with Crippen molar-refractivity contribution in [1.82, 2.24) is 15.4 Å². The number of nitrogens with zero attached hydrogens (tertiary/aromatic N) is 1. The summed E-state index contributed by atoms with van der Waals surface area (Å²) < 4.78 is 5.79. The van der Waals surface area contributed by atoms with Gasteiger partial charge >= 0.3 is 0 Å². The summed E-state index contributed by atoms with van der Waals surface area (Å²) in [6, 6.07) is 19.8. The molecule has 36 heavy (non-hydrogen) atoms. The first-order valence-corrected chi connectivity index (χ1v) is 11.9. The number of carbonyl (C=O) groups excluding carboxylic acids is 2. The maximum absolute atomic E-state index is 12.8. The number of nitrogens with one attached hydrogen (secondary N) is 3. The summed E-state index contributed by atoms with van der Waals surface area (Å²) in [7, 11) is 0. The maximum atomic E-state index is 12.8. The third kappa shape index (κ3) is 6.02. The second-order valence-electron chi connectivity index (χ2n) is 8.80. The van der Waals surface area contributed by atoms with Crippen LogP contribution in [0.2, 0.25) is 5.02 Å². The summed E-state index contributed by atoms with van der Waals surface area (Å²) in [6.45, 7) is 4.12. The molecule has 1 aromatic heterocycles. The van der Waals surface area contributed by atoms with Gasteiger partial charge < -0.3 is 15.0 Å². The zero-order chi connectivity index (χ0) is 25.7. The molecule has 4 N–H and O–H groups in total. The molecule has 0 radical (unpaired) electrons. The first-order valence-electron chi connectivity index (χ1n) is 11.6. The SMILES string of the molecule is CC(COc1ccc(C(=O)Nc2ccc(Cl)c(-c3nc4ccccc4[nH]3)c2)cc1)CC(C)C(=O)NO. The van der Waals surface area contributed by atoms with Crippen LogP contribution in [0.3, 0.4) is 0 Å². The summed E-state index contributed by atoms with van der Waals surface area (Å²) in [4.78, 5) is 32.1. The number of halogens is 1. The fraction of sp³-hybridized carbons (Fsp3) is 0.222. The van der Waals surface area contributed by atoms with Crippen LogP contribution >= 0.6 is 11.6 Å². The molecule has 2 atom stereocenters. The van der Waals surface area contributed by atoms with Crippen LogP contribution in [0.25, 0.3) is 22.4 Å². The van der Waals surface area contributed by atoms with E-state index in [9.17, 15) is 9.59 Å². The van der Waals surface area contributed by atoms with Crippen molar-refractivity contribution < 1.29 is 19.5 Å². The Labute approximate surface area is 213 Å². The molecule has 4 rings (SSSR count). The van der Waals surface area contributed by atoms with Crippen molar-refractivity contribution in [2.24, 2.45) is 11.8 Å². The predicted octanol–water partition coefficient (Wildman–Crippen LogP) is 5.68. The van der Waals surface area contributed by atoms with Crippen molar-refractivity contribution in [3.8, 4) is 17.1 Å². The van der Waals surface area contributed by atoms with Crippen molar-refractivity contribution >= 4 is 40.1 Å². The van der Waals surface area contributed by atoms with Crippen LogP contribution in [0.5, 0.6) is 5.75 Å². The number of para-hydroxylation sites is 2. The van der Waals surface area contributed by atoms with Gasteiger partial charge in [-0.3, -0.25) is 14.8 Å². The lowest BCUT2D eigenvalue weighted by atomic mass is 9.97. The molecule has 8 nitrogen and oxygen atoms in total. The Morgan fingerprint density at radius 3 is 2.56 bits per heavy atom. The van der Waals surface area contributed by atoms with Gasteiger partial charge in [-0.15, -0.1) is 0 Å². The van der Waals surface area contributed by atoms with E-state index in [2.05, 4.69) is 15.3 Å². The normalized spacial score (nSPS) is 12.7. The topological polar surface area (TPSA) is 116 Å². The van der Waals surface area contributed by atoms with Crippen molar-refractivity contribution in [1.29, 1.82) is 0 Å². The smallest absolute Gasteiger partial charge is 0.255 e. The number of anilines is 1. The molecule has 2 amide bonds. The number of hydrogen-bond donors (Lipinski definition) is 4. The van der Waals surface area contributed by atoms with Gasteiger partial charge in [0.05, 0.1) is 22.7 Å². The number of amides is 2. The zero-order valence-electron chi connectivity index (χ0n) is 19.9. The standard InChI is InChI=1S/C27H27ClN4O4/c1-16(13-17(2)26(33)32-35)15-36-20-10-7-18(8-11-20)27(34)29-19-9-12-22(28)21(14-19)25-30-23-5-3-4-6-24(23)31-25/h3-12,14,16-17,35H,13,15H2,1-2H3,(H,29,34)(H,30,31)(H,32,33). The number of aromatic amines is 1. The highest BCUT2D eigenvalue weighted by atomic mass is 35.5. The molecule has 0 aliphatic heterocycles. The minimum absolute atomic E-state index is 0.103. The molecule has 0 bridgehead atoms. The Hall–Kier alpha value is -3.88. The number of ether oxygens (including phenoxy) is 1. The first kappa shape index (κ1) is 25.2. The number of benzene rings is 3. The monoisotopic (exact) mass is 506 g/mol. The van der Waals surface area contributed by atoms with Gasteiger partial charge in [-0.1, -0.05) is 37.6 Å². The molecule has 4 aromatic rings. The summed E-state index contributed by atoms with van der Waals surface area (Å²) in [6.07, 6.45) is 0.573. The second-order valence-corrected chi connectivity index (χ2v) is 9.21. The van der Waals surface area contributed by atoms with E-state index in [0.29, 0.717) is 46.4 Å². The van der Waals surface area contributed by atoms with Crippen LogP contribution in [0.1, 0.15) is 30.6 Å². The highest BCUT2D eigenvalue weighted by molar-refractivity contribution is 6.33. The van der Waals surface area contributed by atoms with E-state index >= 15 is 0 Å². The van der Waals surface area contributed by atoms with Crippen molar-refractivity contribution in [2.45, 2.75) is 20.3 Å². The van der Waals surface area contributed by atoms with Crippen LogP contribution in [0.4, 0.5) is 5.69 Å². The largest absolute Gasteiger partial charge is 0.493 e. The van der Waals surface area contributed by atoms with Gasteiger partial charge in [0.1, 0.15) is 11.6 Å². The number of fused-ring (bicyclic) bond motifs is 1. The third-order valence-electron chi connectivity index (χ3n) is 5.83. The number of aromatic nitrogens is 2. The molecule has 9 heteroatoms. The molecule has 1 heterocycles.